The molecule has 3 aromatic rings. The molecule has 0 aliphatic carbocycles. The van der Waals surface area contributed by atoms with Crippen LogP contribution >= 0.6 is 22.6 Å². The van der Waals surface area contributed by atoms with Crippen LogP contribution in [0.2, 0.25) is 0 Å². The molecule has 0 saturated heterocycles. The molecule has 1 aromatic heterocycles. The van der Waals surface area contributed by atoms with E-state index in [9.17, 15) is 0 Å². The zero-order chi connectivity index (χ0) is 17.8. The van der Waals surface area contributed by atoms with Crippen molar-refractivity contribution < 1.29 is 0 Å². The minimum atomic E-state index is 0.595. The molecule has 1 heterocycles. The zero-order valence-electron chi connectivity index (χ0n) is 15.1. The Kier molecular flexibility index (Phi) is 6.18. The third-order valence-corrected chi connectivity index (χ3v) is 5.84. The summed E-state index contributed by atoms with van der Waals surface area (Å²) in [4.78, 5) is 3.68. The van der Waals surface area contributed by atoms with Gasteiger partial charge in [-0.25, -0.2) is 0 Å². The molecule has 2 nitrogen and oxygen atoms in total. The fraction of sp³-hybridized carbons (Fsp3) is 0.364. The second-order valence-electron chi connectivity index (χ2n) is 6.85. The van der Waals surface area contributed by atoms with E-state index < -0.39 is 0 Å². The van der Waals surface area contributed by atoms with Crippen molar-refractivity contribution in [3.8, 4) is 11.3 Å². The first-order valence-electron chi connectivity index (χ1n) is 9.24. The molecule has 0 bridgehead atoms. The largest absolute Gasteiger partial charge is 0.354 e. The quantitative estimate of drug-likeness (QED) is 0.328. The highest BCUT2D eigenvalue weighted by molar-refractivity contribution is 14.1. The van der Waals surface area contributed by atoms with Crippen molar-refractivity contribution in [3.63, 3.8) is 0 Å². The Bertz CT molecular complexity index is 833. The van der Waals surface area contributed by atoms with Crippen molar-refractivity contribution >= 4 is 33.5 Å². The van der Waals surface area contributed by atoms with Gasteiger partial charge < -0.3 is 10.7 Å². The first-order valence-corrected chi connectivity index (χ1v) is 10.3. The van der Waals surface area contributed by atoms with Crippen molar-refractivity contribution in [3.05, 3.63) is 57.2 Å². The van der Waals surface area contributed by atoms with Crippen molar-refractivity contribution in [1.82, 2.24) is 4.98 Å². The summed E-state index contributed by atoms with van der Waals surface area (Å²) in [5, 5.41) is 1.38. The van der Waals surface area contributed by atoms with Crippen molar-refractivity contribution in [2.75, 3.05) is 6.54 Å². The maximum absolute atomic E-state index is 5.72. The molecule has 0 aliphatic heterocycles. The van der Waals surface area contributed by atoms with Crippen LogP contribution in [0.15, 0.2) is 42.5 Å². The number of nitrogens with two attached hydrogens (primary N) is 1. The molecule has 25 heavy (non-hydrogen) atoms. The number of aromatic nitrogens is 1. The van der Waals surface area contributed by atoms with Crippen LogP contribution in [0.25, 0.3) is 22.2 Å². The van der Waals surface area contributed by atoms with Gasteiger partial charge in [-0.15, -0.1) is 0 Å². The summed E-state index contributed by atoms with van der Waals surface area (Å²) in [6, 6.07) is 15.7. The molecule has 0 radical (unpaired) electrons. The average Bonchev–Trinajstić information content (AvgIpc) is 3.00. The number of H-pyrrole nitrogens is 1. The molecule has 1 atom stereocenters. The maximum atomic E-state index is 5.72. The lowest BCUT2D eigenvalue weighted by molar-refractivity contribution is 0.734. The molecule has 1 unspecified atom stereocenters. The lowest BCUT2D eigenvalue weighted by Crippen LogP contribution is -1.99. The number of nitrogens with one attached hydrogen (secondary N) is 1. The van der Waals surface area contributed by atoms with Crippen molar-refractivity contribution in [2.45, 2.75) is 45.4 Å². The predicted molar refractivity (Wildman–Crippen MR) is 117 cm³/mol. The van der Waals surface area contributed by atoms with E-state index >= 15 is 0 Å². The molecule has 132 valence electrons. The minimum Gasteiger partial charge on any atom is -0.354 e. The number of aromatic amines is 1. The van der Waals surface area contributed by atoms with Gasteiger partial charge in [-0.3, -0.25) is 0 Å². The number of hydrogen-bond donors (Lipinski definition) is 2. The van der Waals surface area contributed by atoms with Crippen LogP contribution in [0.4, 0.5) is 0 Å². The smallest absolute Gasteiger partial charge is 0.0497 e. The van der Waals surface area contributed by atoms with E-state index in [1.54, 1.807) is 0 Å². The Morgan fingerprint density at radius 2 is 1.84 bits per heavy atom. The van der Waals surface area contributed by atoms with Gasteiger partial charge in [-0.05, 0) is 102 Å². The van der Waals surface area contributed by atoms with E-state index in [1.165, 1.54) is 43.3 Å². The number of benzene rings is 2. The predicted octanol–water partition coefficient (Wildman–Crippen LogP) is 6.23. The lowest BCUT2D eigenvalue weighted by Gasteiger charge is -2.10. The fourth-order valence-electron chi connectivity index (χ4n) is 3.38. The summed E-state index contributed by atoms with van der Waals surface area (Å²) in [5.74, 6) is 0.595. The first-order chi connectivity index (χ1) is 12.1. The van der Waals surface area contributed by atoms with Gasteiger partial charge in [0.15, 0.2) is 0 Å². The van der Waals surface area contributed by atoms with Gasteiger partial charge in [0.05, 0.1) is 0 Å². The van der Waals surface area contributed by atoms with E-state index in [2.05, 4.69) is 83.9 Å². The Labute approximate surface area is 164 Å². The summed E-state index contributed by atoms with van der Waals surface area (Å²) in [5.41, 5.74) is 12.4. The third kappa shape index (κ3) is 4.09. The Balaban J connectivity index is 2.10. The Hall–Kier alpha value is -1.33. The van der Waals surface area contributed by atoms with E-state index in [0.29, 0.717) is 5.92 Å². The van der Waals surface area contributed by atoms with Crippen LogP contribution in [0.1, 0.15) is 50.2 Å². The van der Waals surface area contributed by atoms with Gasteiger partial charge in [0.2, 0.25) is 0 Å². The summed E-state index contributed by atoms with van der Waals surface area (Å²) in [7, 11) is 0. The van der Waals surface area contributed by atoms with Crippen LogP contribution in [0, 0.1) is 3.57 Å². The molecule has 2 aromatic carbocycles. The molecular weight excluding hydrogens is 419 g/mol. The van der Waals surface area contributed by atoms with E-state index in [-0.39, 0.29) is 0 Å². The third-order valence-electron chi connectivity index (χ3n) is 5.13. The Morgan fingerprint density at radius 1 is 1.08 bits per heavy atom. The van der Waals surface area contributed by atoms with Gasteiger partial charge in [0, 0.05) is 20.2 Å². The lowest BCUT2D eigenvalue weighted by atomic mass is 9.94. The molecule has 0 spiro atoms. The average molecular weight is 446 g/mol. The zero-order valence-corrected chi connectivity index (χ0v) is 17.3. The number of hydrogen-bond acceptors (Lipinski definition) is 1. The summed E-state index contributed by atoms with van der Waals surface area (Å²) in [6.45, 7) is 5.33. The molecule has 0 amide bonds. The fourth-order valence-corrected chi connectivity index (χ4v) is 3.74. The molecule has 3 rings (SSSR count). The molecule has 3 heteroatoms. The van der Waals surface area contributed by atoms with Gasteiger partial charge in [0.1, 0.15) is 0 Å². The van der Waals surface area contributed by atoms with Crippen LogP contribution < -0.4 is 5.73 Å². The van der Waals surface area contributed by atoms with Crippen molar-refractivity contribution in [1.29, 1.82) is 0 Å². The molecule has 0 saturated carbocycles. The second-order valence-corrected chi connectivity index (χ2v) is 8.09. The standard InChI is InChI=1S/C22H27IN2/c1-3-15(2)17-9-12-21-20(14-17)19(6-4-5-13-24)22(25-21)16-7-10-18(23)11-8-16/h7-12,14-15,25H,3-6,13,24H2,1-2H3. The Morgan fingerprint density at radius 3 is 2.52 bits per heavy atom. The van der Waals surface area contributed by atoms with E-state index in [1.807, 2.05) is 0 Å². The highest BCUT2D eigenvalue weighted by atomic mass is 127. The topological polar surface area (TPSA) is 41.8 Å². The number of rotatable bonds is 7. The number of halogens is 1. The summed E-state index contributed by atoms with van der Waals surface area (Å²) in [6.07, 6.45) is 4.45. The summed E-state index contributed by atoms with van der Waals surface area (Å²) >= 11 is 2.36. The van der Waals surface area contributed by atoms with Crippen LogP contribution in [0.5, 0.6) is 0 Å². The van der Waals surface area contributed by atoms with Crippen LogP contribution in [-0.4, -0.2) is 11.5 Å². The number of fused-ring (bicyclic) bond motifs is 1. The van der Waals surface area contributed by atoms with E-state index in [0.717, 1.165) is 25.8 Å². The van der Waals surface area contributed by atoms with Gasteiger partial charge in [-0.1, -0.05) is 32.0 Å². The molecule has 0 aliphatic rings. The van der Waals surface area contributed by atoms with Crippen molar-refractivity contribution in [2.24, 2.45) is 5.73 Å². The normalized spacial score (nSPS) is 12.6. The van der Waals surface area contributed by atoms with Crippen LogP contribution in [-0.2, 0) is 6.42 Å². The van der Waals surface area contributed by atoms with E-state index in [4.69, 9.17) is 5.73 Å². The highest BCUT2D eigenvalue weighted by Crippen LogP contribution is 2.34. The van der Waals surface area contributed by atoms with Gasteiger partial charge in [0.25, 0.3) is 0 Å². The summed E-state index contributed by atoms with van der Waals surface area (Å²) < 4.78 is 1.26. The monoisotopic (exact) mass is 446 g/mol. The maximum Gasteiger partial charge on any atom is 0.0497 e. The SMILES string of the molecule is CCC(C)c1ccc2[nH]c(-c3ccc(I)cc3)c(CCCCN)c2c1. The molecular formula is C22H27IN2. The van der Waals surface area contributed by atoms with Crippen LogP contribution in [0.3, 0.4) is 0 Å². The minimum absolute atomic E-state index is 0.595. The second kappa shape index (κ2) is 8.37. The highest BCUT2D eigenvalue weighted by Gasteiger charge is 2.14. The van der Waals surface area contributed by atoms with Gasteiger partial charge in [-0.2, -0.15) is 0 Å². The molecule has 0 fully saturated rings. The molecule has 3 N–H and O–H groups in total. The first kappa shape index (κ1) is 18.5. The number of aryl methyl sites for hydroxylation is 1. The number of unbranched alkanes of at least 4 members (excludes halogenated alkanes) is 1. The van der Waals surface area contributed by atoms with Gasteiger partial charge >= 0.3 is 0 Å².